The Morgan fingerprint density at radius 1 is 1.42 bits per heavy atom. The normalized spacial score (nSPS) is 12.9. The van der Waals surface area contributed by atoms with Gasteiger partial charge in [0.15, 0.2) is 0 Å². The predicted molar refractivity (Wildman–Crippen MR) is 82.0 cm³/mol. The molecular weight excluding hydrogens is 278 g/mol. The van der Waals surface area contributed by atoms with E-state index in [1.165, 1.54) is 15.3 Å². The van der Waals surface area contributed by atoms with Crippen molar-refractivity contribution in [3.05, 3.63) is 37.8 Å². The molecule has 5 heteroatoms. The first-order valence-electron chi connectivity index (χ1n) is 6.38. The summed E-state index contributed by atoms with van der Waals surface area (Å²) in [5.41, 5.74) is 3.30. The quantitative estimate of drug-likeness (QED) is 0.927. The summed E-state index contributed by atoms with van der Waals surface area (Å²) in [5, 5.41) is 8.62. The van der Waals surface area contributed by atoms with Crippen LogP contribution in [0.15, 0.2) is 6.07 Å². The Bertz CT molecular complexity index is 586. The minimum absolute atomic E-state index is 0.316. The van der Waals surface area contributed by atoms with Gasteiger partial charge in [-0.1, -0.05) is 11.6 Å². The van der Waals surface area contributed by atoms with Gasteiger partial charge in [0.25, 0.3) is 0 Å². The van der Waals surface area contributed by atoms with E-state index in [-0.39, 0.29) is 0 Å². The average molecular weight is 298 g/mol. The van der Waals surface area contributed by atoms with E-state index in [0.717, 1.165) is 23.0 Å². The van der Waals surface area contributed by atoms with Crippen LogP contribution in [0.3, 0.4) is 0 Å². The maximum Gasteiger partial charge on any atom is 0.0860 e. The van der Waals surface area contributed by atoms with E-state index in [1.54, 1.807) is 0 Å². The molecule has 2 heterocycles. The molecule has 0 amide bonds. The summed E-state index contributed by atoms with van der Waals surface area (Å²) >= 11 is 8.10. The van der Waals surface area contributed by atoms with Crippen molar-refractivity contribution < 1.29 is 0 Å². The van der Waals surface area contributed by atoms with Gasteiger partial charge in [0.2, 0.25) is 0 Å². The van der Waals surface area contributed by atoms with Crippen molar-refractivity contribution >= 4 is 22.9 Å². The maximum atomic E-state index is 6.26. The summed E-state index contributed by atoms with van der Waals surface area (Å²) in [6, 6.07) is 2.57. The molecule has 3 nitrogen and oxygen atoms in total. The van der Waals surface area contributed by atoms with Gasteiger partial charge in [-0.2, -0.15) is 5.10 Å². The van der Waals surface area contributed by atoms with Crippen LogP contribution in [0.2, 0.25) is 5.02 Å². The van der Waals surface area contributed by atoms with Gasteiger partial charge in [-0.3, -0.25) is 4.68 Å². The molecule has 0 aliphatic carbocycles. The van der Waals surface area contributed by atoms with Crippen LogP contribution in [0, 0.1) is 20.8 Å². The highest BCUT2D eigenvalue weighted by Gasteiger charge is 2.14. The Kier molecular flexibility index (Phi) is 4.33. The lowest BCUT2D eigenvalue weighted by Crippen LogP contribution is -2.20. The van der Waals surface area contributed by atoms with Gasteiger partial charge in [-0.15, -0.1) is 11.3 Å². The van der Waals surface area contributed by atoms with E-state index in [9.17, 15) is 0 Å². The van der Waals surface area contributed by atoms with E-state index in [4.69, 9.17) is 11.6 Å². The largest absolute Gasteiger partial charge is 0.304 e. The highest BCUT2D eigenvalue weighted by molar-refractivity contribution is 7.12. The second-order valence-electron chi connectivity index (χ2n) is 4.94. The van der Waals surface area contributed by atoms with Crippen molar-refractivity contribution in [3.8, 4) is 0 Å². The fraction of sp³-hybridized carbons (Fsp3) is 0.500. The van der Waals surface area contributed by atoms with Crippen molar-refractivity contribution in [2.75, 3.05) is 0 Å². The first-order valence-corrected chi connectivity index (χ1v) is 7.58. The smallest absolute Gasteiger partial charge is 0.0860 e. The monoisotopic (exact) mass is 297 g/mol. The number of nitrogens with one attached hydrogen (secondary N) is 1. The molecule has 0 bridgehead atoms. The Balaban J connectivity index is 2.08. The SMILES string of the molecule is Cc1cc(C(C)NCc2c(Cl)c(C)nn2C)c(C)s1. The molecule has 2 rings (SSSR count). The molecule has 0 aromatic carbocycles. The van der Waals surface area contributed by atoms with E-state index in [1.807, 2.05) is 30.0 Å². The van der Waals surface area contributed by atoms with Crippen molar-refractivity contribution in [2.24, 2.45) is 7.05 Å². The lowest BCUT2D eigenvalue weighted by Gasteiger charge is -2.14. The second kappa shape index (κ2) is 5.65. The Labute approximate surface area is 123 Å². The fourth-order valence-corrected chi connectivity index (χ4v) is 3.56. The minimum atomic E-state index is 0.316. The molecule has 2 aromatic rings. The van der Waals surface area contributed by atoms with Gasteiger partial charge < -0.3 is 5.32 Å². The van der Waals surface area contributed by atoms with Crippen molar-refractivity contribution in [3.63, 3.8) is 0 Å². The summed E-state index contributed by atoms with van der Waals surface area (Å²) in [7, 11) is 1.93. The minimum Gasteiger partial charge on any atom is -0.304 e. The van der Waals surface area contributed by atoms with Gasteiger partial charge >= 0.3 is 0 Å². The first kappa shape index (κ1) is 14.6. The number of nitrogens with zero attached hydrogens (tertiary/aromatic N) is 2. The molecule has 19 heavy (non-hydrogen) atoms. The predicted octanol–water partition coefficient (Wildman–Crippen LogP) is 3.91. The topological polar surface area (TPSA) is 29.9 Å². The van der Waals surface area contributed by atoms with Crippen LogP contribution >= 0.6 is 22.9 Å². The molecule has 1 N–H and O–H groups in total. The summed E-state index contributed by atoms with van der Waals surface area (Å²) in [6.45, 7) is 9.17. The average Bonchev–Trinajstić information content (AvgIpc) is 2.78. The van der Waals surface area contributed by atoms with Crippen LogP contribution in [-0.4, -0.2) is 9.78 Å². The van der Waals surface area contributed by atoms with Crippen molar-refractivity contribution in [1.82, 2.24) is 15.1 Å². The van der Waals surface area contributed by atoms with E-state index in [2.05, 4.69) is 37.3 Å². The summed E-state index contributed by atoms with van der Waals surface area (Å²) < 4.78 is 1.85. The highest BCUT2D eigenvalue weighted by Crippen LogP contribution is 2.27. The molecule has 1 atom stereocenters. The zero-order chi connectivity index (χ0) is 14.2. The van der Waals surface area contributed by atoms with Crippen LogP contribution < -0.4 is 5.32 Å². The number of thiophene rings is 1. The third-order valence-electron chi connectivity index (χ3n) is 3.38. The van der Waals surface area contributed by atoms with Crippen LogP contribution in [0.1, 0.15) is 39.7 Å². The lowest BCUT2D eigenvalue weighted by molar-refractivity contribution is 0.547. The highest BCUT2D eigenvalue weighted by atomic mass is 35.5. The number of hydrogen-bond acceptors (Lipinski definition) is 3. The standard InChI is InChI=1S/C14H20ClN3S/c1-8-6-12(11(4)19-8)9(2)16-7-13-14(15)10(3)17-18(13)5/h6,9,16H,7H2,1-5H3. The van der Waals surface area contributed by atoms with Crippen molar-refractivity contribution in [1.29, 1.82) is 0 Å². The molecule has 0 aliphatic rings. The van der Waals surface area contributed by atoms with E-state index in [0.29, 0.717) is 6.04 Å². The number of aromatic nitrogens is 2. The number of halogens is 1. The number of aryl methyl sites for hydroxylation is 4. The molecule has 104 valence electrons. The molecule has 2 aromatic heterocycles. The molecule has 0 radical (unpaired) electrons. The van der Waals surface area contributed by atoms with Gasteiger partial charge in [0.1, 0.15) is 0 Å². The molecular formula is C14H20ClN3S. The zero-order valence-electron chi connectivity index (χ0n) is 12.0. The van der Waals surface area contributed by atoms with Crippen LogP contribution in [0.5, 0.6) is 0 Å². The summed E-state index contributed by atoms with van der Waals surface area (Å²) in [5.74, 6) is 0. The van der Waals surface area contributed by atoms with Crippen LogP contribution in [0.4, 0.5) is 0 Å². The van der Waals surface area contributed by atoms with Gasteiger partial charge in [-0.05, 0) is 39.3 Å². The van der Waals surface area contributed by atoms with Gasteiger partial charge in [0.05, 0.1) is 16.4 Å². The van der Waals surface area contributed by atoms with E-state index < -0.39 is 0 Å². The number of hydrogen-bond donors (Lipinski definition) is 1. The van der Waals surface area contributed by atoms with Crippen LogP contribution in [-0.2, 0) is 13.6 Å². The number of rotatable bonds is 4. The third kappa shape index (κ3) is 3.02. The zero-order valence-corrected chi connectivity index (χ0v) is 13.6. The molecule has 1 unspecified atom stereocenters. The molecule has 0 saturated heterocycles. The first-order chi connectivity index (χ1) is 8.90. The Morgan fingerprint density at radius 2 is 2.11 bits per heavy atom. The lowest BCUT2D eigenvalue weighted by atomic mass is 10.1. The fourth-order valence-electron chi connectivity index (χ4n) is 2.31. The second-order valence-corrected chi connectivity index (χ2v) is 6.78. The van der Waals surface area contributed by atoms with Gasteiger partial charge in [0, 0.05) is 29.4 Å². The molecule has 0 saturated carbocycles. The Morgan fingerprint density at radius 3 is 2.58 bits per heavy atom. The van der Waals surface area contributed by atoms with E-state index >= 15 is 0 Å². The van der Waals surface area contributed by atoms with Crippen LogP contribution in [0.25, 0.3) is 0 Å². The molecule has 0 aliphatic heterocycles. The van der Waals surface area contributed by atoms with Gasteiger partial charge in [-0.25, -0.2) is 0 Å². The third-order valence-corrected chi connectivity index (χ3v) is 4.86. The van der Waals surface area contributed by atoms with Crippen molar-refractivity contribution in [2.45, 2.75) is 40.3 Å². The molecule has 0 spiro atoms. The summed E-state index contributed by atoms with van der Waals surface area (Å²) in [4.78, 5) is 2.74. The summed E-state index contributed by atoms with van der Waals surface area (Å²) in [6.07, 6.45) is 0. The Hall–Kier alpha value is -0.840. The maximum absolute atomic E-state index is 6.26. The molecule has 0 fully saturated rings.